The van der Waals surface area contributed by atoms with E-state index in [-0.39, 0.29) is 0 Å². The first kappa shape index (κ1) is 17.1. The van der Waals surface area contributed by atoms with Crippen LogP contribution in [0.3, 0.4) is 0 Å². The lowest BCUT2D eigenvalue weighted by Gasteiger charge is -2.04. The molecule has 0 spiro atoms. The molecule has 4 aromatic rings. The average Bonchev–Trinajstić information content (AvgIpc) is 3.38. The van der Waals surface area contributed by atoms with Gasteiger partial charge in [0.1, 0.15) is 5.69 Å². The first-order chi connectivity index (χ1) is 13.1. The summed E-state index contributed by atoms with van der Waals surface area (Å²) < 4.78 is 5.41. The van der Waals surface area contributed by atoms with Crippen molar-refractivity contribution in [3.8, 4) is 5.69 Å². The van der Waals surface area contributed by atoms with Gasteiger partial charge in [-0.2, -0.15) is 19.9 Å². The van der Waals surface area contributed by atoms with Crippen LogP contribution in [0.15, 0.2) is 31.0 Å². The molecule has 4 heterocycles. The first-order valence-corrected chi connectivity index (χ1v) is 9.03. The van der Waals surface area contributed by atoms with Crippen molar-refractivity contribution in [3.63, 3.8) is 0 Å². The van der Waals surface area contributed by atoms with Gasteiger partial charge in [0.25, 0.3) is 0 Å². The Balaban J connectivity index is 1.57. The van der Waals surface area contributed by atoms with Crippen LogP contribution in [0.1, 0.15) is 27.2 Å². The number of hydrogen-bond donors (Lipinski definition) is 1. The van der Waals surface area contributed by atoms with E-state index in [1.54, 1.807) is 23.3 Å². The van der Waals surface area contributed by atoms with Gasteiger partial charge in [0.05, 0.1) is 30.5 Å². The molecule has 0 radical (unpaired) electrons. The fourth-order valence-electron chi connectivity index (χ4n) is 2.67. The molecule has 0 amide bonds. The van der Waals surface area contributed by atoms with E-state index in [1.165, 1.54) is 0 Å². The summed E-state index contributed by atoms with van der Waals surface area (Å²) in [6.07, 6.45) is 10.1. The molecule has 140 valence electrons. The van der Waals surface area contributed by atoms with Crippen LogP contribution in [0, 0.1) is 5.92 Å². The maximum Gasteiger partial charge on any atom is 0.229 e. The van der Waals surface area contributed by atoms with Crippen molar-refractivity contribution >= 4 is 22.8 Å². The van der Waals surface area contributed by atoms with Crippen LogP contribution >= 0.6 is 0 Å². The smallest absolute Gasteiger partial charge is 0.229 e. The Morgan fingerprint density at radius 2 is 1.93 bits per heavy atom. The zero-order chi connectivity index (χ0) is 18.8. The van der Waals surface area contributed by atoms with Gasteiger partial charge in [-0.1, -0.05) is 19.1 Å². The molecule has 10 nitrogen and oxygen atoms in total. The largest absolute Gasteiger partial charge is 0.321 e. The Labute approximate surface area is 156 Å². The lowest BCUT2D eigenvalue weighted by atomic mass is 10.1. The molecule has 27 heavy (non-hydrogen) atoms. The topological polar surface area (TPSA) is 104 Å². The van der Waals surface area contributed by atoms with Crippen molar-refractivity contribution < 1.29 is 0 Å². The highest BCUT2D eigenvalue weighted by Crippen LogP contribution is 2.17. The highest BCUT2D eigenvalue weighted by atomic mass is 15.5. The predicted molar refractivity (Wildman–Crippen MR) is 101 cm³/mol. The van der Waals surface area contributed by atoms with E-state index in [0.717, 1.165) is 30.9 Å². The minimum Gasteiger partial charge on any atom is -0.321 e. The summed E-state index contributed by atoms with van der Waals surface area (Å²) in [7, 11) is 0. The first-order valence-electron chi connectivity index (χ1n) is 9.03. The van der Waals surface area contributed by atoms with Gasteiger partial charge in [-0.3, -0.25) is 9.36 Å². The lowest BCUT2D eigenvalue weighted by molar-refractivity contribution is 0.487. The fourth-order valence-corrected chi connectivity index (χ4v) is 2.67. The lowest BCUT2D eigenvalue weighted by Crippen LogP contribution is -2.02. The van der Waals surface area contributed by atoms with Gasteiger partial charge in [-0.05, 0) is 19.3 Å². The minimum atomic E-state index is 0.470. The number of aryl methyl sites for hydroxylation is 2. The molecule has 10 heteroatoms. The van der Waals surface area contributed by atoms with Crippen molar-refractivity contribution in [2.75, 3.05) is 5.32 Å². The van der Waals surface area contributed by atoms with Gasteiger partial charge >= 0.3 is 0 Å². The number of anilines is 2. The molecular weight excluding hydrogens is 344 g/mol. The van der Waals surface area contributed by atoms with E-state index in [9.17, 15) is 0 Å². The highest BCUT2D eigenvalue weighted by Gasteiger charge is 2.12. The summed E-state index contributed by atoms with van der Waals surface area (Å²) in [6.45, 7) is 8.11. The van der Waals surface area contributed by atoms with Crippen LogP contribution in [-0.4, -0.2) is 44.5 Å². The van der Waals surface area contributed by atoms with Crippen molar-refractivity contribution in [3.05, 3.63) is 31.0 Å². The van der Waals surface area contributed by atoms with Gasteiger partial charge in [-0.25, -0.2) is 4.98 Å². The summed E-state index contributed by atoms with van der Waals surface area (Å²) in [6, 6.07) is 0. The van der Waals surface area contributed by atoms with Crippen LogP contribution in [0.4, 0.5) is 11.6 Å². The van der Waals surface area contributed by atoms with Crippen LogP contribution in [0.2, 0.25) is 0 Å². The molecule has 0 saturated heterocycles. The highest BCUT2D eigenvalue weighted by molar-refractivity contribution is 5.72. The Morgan fingerprint density at radius 1 is 1.07 bits per heavy atom. The summed E-state index contributed by atoms with van der Waals surface area (Å²) in [5, 5.41) is 20.1. The molecule has 4 aromatic heterocycles. The van der Waals surface area contributed by atoms with Gasteiger partial charge < -0.3 is 5.32 Å². The summed E-state index contributed by atoms with van der Waals surface area (Å²) in [5.41, 5.74) is 2.90. The Bertz CT molecular complexity index is 1040. The maximum atomic E-state index is 4.57. The standard InChI is InChI=1S/C17H22N10/c1-4-25-11-14(8-20-25)27-16-15(23-24-27)9-18-17(22-16)21-13-7-19-26(10-13)6-5-12(2)3/h7-12H,4-6H2,1-3H3,(H,18,21,22). The number of fused-ring (bicyclic) bond motifs is 1. The van der Waals surface area contributed by atoms with Crippen molar-refractivity contribution in [1.82, 2.24) is 44.5 Å². The third kappa shape index (κ3) is 3.64. The van der Waals surface area contributed by atoms with Crippen molar-refractivity contribution in [1.29, 1.82) is 0 Å². The molecule has 0 fully saturated rings. The second-order valence-electron chi connectivity index (χ2n) is 6.76. The van der Waals surface area contributed by atoms with Crippen LogP contribution in [-0.2, 0) is 13.1 Å². The number of nitrogens with one attached hydrogen (secondary N) is 1. The monoisotopic (exact) mass is 366 g/mol. The van der Waals surface area contributed by atoms with Crippen LogP contribution in [0.5, 0.6) is 0 Å². The average molecular weight is 366 g/mol. The number of rotatable bonds is 7. The maximum absolute atomic E-state index is 4.57. The molecule has 0 aromatic carbocycles. The molecule has 0 aliphatic heterocycles. The quantitative estimate of drug-likeness (QED) is 0.535. The summed E-state index contributed by atoms with van der Waals surface area (Å²) in [5.74, 6) is 1.11. The Morgan fingerprint density at radius 3 is 2.70 bits per heavy atom. The molecule has 4 rings (SSSR count). The number of aromatic nitrogens is 9. The summed E-state index contributed by atoms with van der Waals surface area (Å²) in [4.78, 5) is 8.89. The summed E-state index contributed by atoms with van der Waals surface area (Å²) >= 11 is 0. The molecular formula is C17H22N10. The van der Waals surface area contributed by atoms with Gasteiger partial charge in [0.15, 0.2) is 11.2 Å². The Kier molecular flexibility index (Phi) is 4.53. The van der Waals surface area contributed by atoms with Crippen molar-refractivity contribution in [2.45, 2.75) is 40.3 Å². The van der Waals surface area contributed by atoms with E-state index in [0.29, 0.717) is 23.0 Å². The molecule has 0 bridgehead atoms. The van der Waals surface area contributed by atoms with Gasteiger partial charge in [0, 0.05) is 19.3 Å². The molecule has 0 saturated carbocycles. The van der Waals surface area contributed by atoms with E-state index < -0.39 is 0 Å². The van der Waals surface area contributed by atoms with Crippen LogP contribution < -0.4 is 5.32 Å². The second-order valence-corrected chi connectivity index (χ2v) is 6.76. The fraction of sp³-hybridized carbons (Fsp3) is 0.412. The number of hydrogen-bond acceptors (Lipinski definition) is 7. The molecule has 0 aliphatic rings. The number of nitrogens with zero attached hydrogens (tertiary/aromatic N) is 9. The second kappa shape index (κ2) is 7.14. The van der Waals surface area contributed by atoms with Gasteiger partial charge in [0.2, 0.25) is 5.95 Å². The van der Waals surface area contributed by atoms with Crippen LogP contribution in [0.25, 0.3) is 16.9 Å². The van der Waals surface area contributed by atoms with E-state index in [2.05, 4.69) is 49.6 Å². The normalized spacial score (nSPS) is 11.6. The molecule has 0 atom stereocenters. The van der Waals surface area contributed by atoms with E-state index in [1.807, 2.05) is 28.7 Å². The minimum absolute atomic E-state index is 0.470. The van der Waals surface area contributed by atoms with E-state index in [4.69, 9.17) is 0 Å². The Hall–Kier alpha value is -3.30. The molecule has 0 aliphatic carbocycles. The third-order valence-corrected chi connectivity index (χ3v) is 4.21. The SMILES string of the molecule is CCn1cc(-n2nnc3cnc(Nc4cnn(CCC(C)C)c4)nc32)cn1. The third-order valence-electron chi connectivity index (χ3n) is 4.21. The molecule has 1 N–H and O–H groups in total. The molecule has 0 unspecified atom stereocenters. The van der Waals surface area contributed by atoms with Gasteiger partial charge in [-0.15, -0.1) is 5.10 Å². The van der Waals surface area contributed by atoms with Crippen molar-refractivity contribution in [2.24, 2.45) is 5.92 Å². The van der Waals surface area contributed by atoms with E-state index >= 15 is 0 Å². The zero-order valence-electron chi connectivity index (χ0n) is 15.6. The zero-order valence-corrected chi connectivity index (χ0v) is 15.6. The predicted octanol–water partition coefficient (Wildman–Crippen LogP) is 2.41.